The molecule has 5 aromatic rings. The summed E-state index contributed by atoms with van der Waals surface area (Å²) in [5.41, 5.74) is 4.89. The number of hydrogen-bond acceptors (Lipinski definition) is 5. The molecule has 0 saturated carbocycles. The van der Waals surface area contributed by atoms with E-state index in [1.165, 1.54) is 10.7 Å². The second kappa shape index (κ2) is 10.9. The first-order valence-corrected chi connectivity index (χ1v) is 12.2. The van der Waals surface area contributed by atoms with E-state index in [1.54, 1.807) is 66.2 Å². The van der Waals surface area contributed by atoms with Crippen molar-refractivity contribution >= 4 is 23.4 Å². The number of ether oxygens (including phenoxy) is 1. The second-order valence-corrected chi connectivity index (χ2v) is 8.92. The highest BCUT2D eigenvalue weighted by atomic mass is 16.5. The van der Waals surface area contributed by atoms with Gasteiger partial charge in [0.2, 0.25) is 0 Å². The zero-order chi connectivity index (χ0) is 27.4. The molecular formula is C29H26N6O4. The van der Waals surface area contributed by atoms with Crippen LogP contribution in [-0.4, -0.2) is 31.6 Å². The molecule has 0 unspecified atom stereocenters. The molecule has 0 radical (unpaired) electrons. The number of rotatable bonds is 7. The molecule has 0 aliphatic rings. The van der Waals surface area contributed by atoms with Gasteiger partial charge in [0.05, 0.1) is 17.1 Å². The van der Waals surface area contributed by atoms with E-state index < -0.39 is 6.09 Å². The summed E-state index contributed by atoms with van der Waals surface area (Å²) in [4.78, 5) is 37.1. The van der Waals surface area contributed by atoms with Gasteiger partial charge in [0.1, 0.15) is 12.3 Å². The molecule has 0 bridgehead atoms. The van der Waals surface area contributed by atoms with Crippen LogP contribution in [0.15, 0.2) is 95.8 Å². The highest BCUT2D eigenvalue weighted by Crippen LogP contribution is 2.20. The van der Waals surface area contributed by atoms with Crippen LogP contribution >= 0.6 is 0 Å². The van der Waals surface area contributed by atoms with Gasteiger partial charge in [0, 0.05) is 23.1 Å². The van der Waals surface area contributed by atoms with Crippen LogP contribution in [0.2, 0.25) is 0 Å². The highest BCUT2D eigenvalue weighted by Gasteiger charge is 2.17. The van der Waals surface area contributed by atoms with E-state index in [-0.39, 0.29) is 18.1 Å². The quantitative estimate of drug-likeness (QED) is 0.279. The van der Waals surface area contributed by atoms with Crippen molar-refractivity contribution in [2.24, 2.45) is 0 Å². The Morgan fingerprint density at radius 1 is 0.846 bits per heavy atom. The summed E-state index contributed by atoms with van der Waals surface area (Å²) in [7, 11) is 0. The average molecular weight is 523 g/mol. The number of H-pyrrole nitrogens is 1. The maximum absolute atomic E-state index is 13.2. The number of nitrogens with one attached hydrogen (secondary N) is 3. The number of amides is 2. The Morgan fingerprint density at radius 2 is 1.62 bits per heavy atom. The molecule has 196 valence electrons. The number of aromatic amines is 1. The Morgan fingerprint density at radius 3 is 2.33 bits per heavy atom. The first-order chi connectivity index (χ1) is 18.9. The molecule has 5 rings (SSSR count). The van der Waals surface area contributed by atoms with Crippen molar-refractivity contribution in [1.82, 2.24) is 19.6 Å². The van der Waals surface area contributed by atoms with Gasteiger partial charge in [-0.15, -0.1) is 0 Å². The number of anilines is 2. The molecule has 39 heavy (non-hydrogen) atoms. The molecule has 0 saturated heterocycles. The average Bonchev–Trinajstić information content (AvgIpc) is 3.49. The summed E-state index contributed by atoms with van der Waals surface area (Å²) in [5, 5.41) is 12.8. The Hall–Kier alpha value is -5.38. The van der Waals surface area contributed by atoms with Gasteiger partial charge in [-0.25, -0.2) is 9.48 Å². The molecule has 2 amide bonds. The molecule has 0 atom stereocenters. The minimum atomic E-state index is -0.590. The van der Waals surface area contributed by atoms with Crippen LogP contribution in [0, 0.1) is 13.8 Å². The largest absolute Gasteiger partial charge is 0.444 e. The van der Waals surface area contributed by atoms with Crippen molar-refractivity contribution in [3.63, 3.8) is 0 Å². The summed E-state index contributed by atoms with van der Waals surface area (Å²) in [6.07, 6.45) is -0.590. The lowest BCUT2D eigenvalue weighted by Crippen LogP contribution is -2.17. The Kier molecular flexibility index (Phi) is 7.09. The third-order valence-corrected chi connectivity index (χ3v) is 5.91. The van der Waals surface area contributed by atoms with Crippen LogP contribution < -0.4 is 16.2 Å². The second-order valence-electron chi connectivity index (χ2n) is 8.92. The zero-order valence-corrected chi connectivity index (χ0v) is 21.3. The number of benzene rings is 3. The fourth-order valence-electron chi connectivity index (χ4n) is 4.09. The first-order valence-electron chi connectivity index (χ1n) is 12.2. The fraction of sp³-hybridized carbons (Fsp3) is 0.103. The number of aryl methyl sites for hydroxylation is 2. The third-order valence-electron chi connectivity index (χ3n) is 5.91. The topological polar surface area (TPSA) is 123 Å². The number of aromatic nitrogens is 4. The molecule has 2 heterocycles. The zero-order valence-electron chi connectivity index (χ0n) is 21.3. The van der Waals surface area contributed by atoms with E-state index in [9.17, 15) is 14.4 Å². The molecule has 2 aromatic heterocycles. The Bertz CT molecular complexity index is 1680. The summed E-state index contributed by atoms with van der Waals surface area (Å²) >= 11 is 0. The minimum absolute atomic E-state index is 0.152. The summed E-state index contributed by atoms with van der Waals surface area (Å²) in [6, 6.07) is 26.7. The van der Waals surface area contributed by atoms with Crippen LogP contribution in [-0.2, 0) is 11.3 Å². The van der Waals surface area contributed by atoms with Crippen LogP contribution in [0.1, 0.15) is 27.4 Å². The smallest absolute Gasteiger partial charge is 0.411 e. The van der Waals surface area contributed by atoms with Gasteiger partial charge < -0.3 is 10.1 Å². The summed E-state index contributed by atoms with van der Waals surface area (Å²) in [6.45, 7) is 3.78. The number of nitrogens with zero attached hydrogens (tertiary/aromatic N) is 3. The monoisotopic (exact) mass is 522 g/mol. The van der Waals surface area contributed by atoms with E-state index in [0.717, 1.165) is 16.9 Å². The van der Waals surface area contributed by atoms with Crippen LogP contribution in [0.25, 0.3) is 11.4 Å². The lowest BCUT2D eigenvalue weighted by Gasteiger charge is -2.11. The summed E-state index contributed by atoms with van der Waals surface area (Å²) in [5.74, 6) is -0.352. The predicted octanol–water partition coefficient (Wildman–Crippen LogP) is 4.97. The lowest BCUT2D eigenvalue weighted by atomic mass is 10.2. The Labute approximate surface area is 223 Å². The molecule has 3 aromatic carbocycles. The maximum atomic E-state index is 13.2. The summed E-state index contributed by atoms with van der Waals surface area (Å²) < 4.78 is 8.49. The number of carbonyl (C=O) groups excluding carboxylic acids is 2. The number of hydrogen-bond donors (Lipinski definition) is 3. The van der Waals surface area contributed by atoms with E-state index in [4.69, 9.17) is 4.74 Å². The molecule has 0 fully saturated rings. The molecule has 3 N–H and O–H groups in total. The predicted molar refractivity (Wildman–Crippen MR) is 148 cm³/mol. The van der Waals surface area contributed by atoms with E-state index in [0.29, 0.717) is 28.5 Å². The molecule has 10 nitrogen and oxygen atoms in total. The standard InChI is InChI=1S/C29H26N6O4/c1-19-15-26(28(37)30-22-11-13-24(14-12-22)34-20(2)16-27(36)33-34)35(32-19)25-10-6-9-23(17-25)31-29(38)39-18-21-7-4-3-5-8-21/h3-17H,18H2,1-2H3,(H,30,37)(H,31,38)(H,33,36). The van der Waals surface area contributed by atoms with Crippen LogP contribution in [0.4, 0.5) is 16.2 Å². The first kappa shape index (κ1) is 25.3. The third kappa shape index (κ3) is 5.96. The van der Waals surface area contributed by atoms with Gasteiger partial charge in [0.25, 0.3) is 11.5 Å². The van der Waals surface area contributed by atoms with E-state index in [2.05, 4.69) is 20.8 Å². The highest BCUT2D eigenvalue weighted by molar-refractivity contribution is 6.03. The number of carbonyl (C=O) groups is 2. The molecular weight excluding hydrogens is 496 g/mol. The maximum Gasteiger partial charge on any atom is 0.411 e. The molecule has 10 heteroatoms. The minimum Gasteiger partial charge on any atom is -0.444 e. The van der Waals surface area contributed by atoms with Crippen molar-refractivity contribution in [3.8, 4) is 11.4 Å². The molecule has 0 aliphatic heterocycles. The van der Waals surface area contributed by atoms with Crippen molar-refractivity contribution in [1.29, 1.82) is 0 Å². The van der Waals surface area contributed by atoms with Gasteiger partial charge in [0.15, 0.2) is 0 Å². The van der Waals surface area contributed by atoms with Crippen molar-refractivity contribution in [2.75, 3.05) is 10.6 Å². The van der Waals surface area contributed by atoms with E-state index in [1.807, 2.05) is 37.3 Å². The van der Waals surface area contributed by atoms with Gasteiger partial charge in [-0.3, -0.25) is 24.7 Å². The normalized spacial score (nSPS) is 10.7. The Balaban J connectivity index is 1.29. The van der Waals surface area contributed by atoms with Gasteiger partial charge >= 0.3 is 6.09 Å². The van der Waals surface area contributed by atoms with Gasteiger partial charge in [-0.05, 0) is 67.9 Å². The van der Waals surface area contributed by atoms with Crippen LogP contribution in [0.3, 0.4) is 0 Å². The van der Waals surface area contributed by atoms with Gasteiger partial charge in [-0.1, -0.05) is 36.4 Å². The van der Waals surface area contributed by atoms with Crippen molar-refractivity contribution < 1.29 is 14.3 Å². The van der Waals surface area contributed by atoms with Crippen molar-refractivity contribution in [2.45, 2.75) is 20.5 Å². The van der Waals surface area contributed by atoms with Gasteiger partial charge in [-0.2, -0.15) is 5.10 Å². The van der Waals surface area contributed by atoms with Crippen LogP contribution in [0.5, 0.6) is 0 Å². The lowest BCUT2D eigenvalue weighted by molar-refractivity contribution is 0.101. The molecule has 0 aliphatic carbocycles. The SMILES string of the molecule is Cc1cc(C(=O)Nc2ccc(-n3[nH]c(=O)cc3C)cc2)n(-c2cccc(NC(=O)OCc3ccccc3)c2)n1. The van der Waals surface area contributed by atoms with Crippen molar-refractivity contribution in [3.05, 3.63) is 124 Å². The fourth-order valence-corrected chi connectivity index (χ4v) is 4.09. The van der Waals surface area contributed by atoms with E-state index >= 15 is 0 Å². The molecule has 0 spiro atoms.